The number of rotatable bonds is 3. The highest BCUT2D eigenvalue weighted by molar-refractivity contribution is 5.57. The van der Waals surface area contributed by atoms with Gasteiger partial charge >= 0.3 is 0 Å². The van der Waals surface area contributed by atoms with E-state index in [1.165, 1.54) is 25.3 Å². The molecule has 0 radical (unpaired) electrons. The Kier molecular flexibility index (Phi) is 3.64. The average molecular weight is 262 g/mol. The van der Waals surface area contributed by atoms with Crippen LogP contribution in [0.1, 0.15) is 25.5 Å². The zero-order chi connectivity index (χ0) is 14.0. The Labute approximate surface area is 110 Å². The normalized spacial score (nSPS) is 10.8. The maximum absolute atomic E-state index is 13.4. The summed E-state index contributed by atoms with van der Waals surface area (Å²) in [6, 6.07) is 5.82. The standard InChI is InChI=1S/C14H15FN2O2/c1-8(2)11-7-13(18)17-14(16-11)9-4-5-10(15)12(6-9)19-3/h4-8H,1-3H3,(H,16,17,18). The molecule has 1 aromatic carbocycles. The Morgan fingerprint density at radius 3 is 2.68 bits per heavy atom. The van der Waals surface area contributed by atoms with Crippen molar-refractivity contribution in [2.45, 2.75) is 19.8 Å². The second kappa shape index (κ2) is 5.22. The molecule has 5 heteroatoms. The van der Waals surface area contributed by atoms with Gasteiger partial charge in [-0.2, -0.15) is 0 Å². The van der Waals surface area contributed by atoms with Crippen LogP contribution in [0.25, 0.3) is 11.4 Å². The SMILES string of the molecule is COc1cc(-c2nc(C(C)C)cc(=O)[nH]2)ccc1F. The van der Waals surface area contributed by atoms with E-state index in [-0.39, 0.29) is 17.2 Å². The van der Waals surface area contributed by atoms with Gasteiger partial charge in [0.05, 0.1) is 12.8 Å². The predicted octanol–water partition coefficient (Wildman–Crippen LogP) is 2.71. The molecule has 0 saturated heterocycles. The van der Waals surface area contributed by atoms with Gasteiger partial charge in [-0.3, -0.25) is 4.79 Å². The number of methoxy groups -OCH3 is 1. The summed E-state index contributed by atoms with van der Waals surface area (Å²) in [4.78, 5) is 18.6. The van der Waals surface area contributed by atoms with Crippen LogP contribution < -0.4 is 10.3 Å². The van der Waals surface area contributed by atoms with Gasteiger partial charge in [-0.25, -0.2) is 9.37 Å². The number of nitrogens with one attached hydrogen (secondary N) is 1. The third kappa shape index (κ3) is 2.81. The second-order valence-electron chi connectivity index (χ2n) is 4.52. The van der Waals surface area contributed by atoms with E-state index >= 15 is 0 Å². The molecule has 0 aliphatic carbocycles. The van der Waals surface area contributed by atoms with Crippen molar-refractivity contribution in [1.29, 1.82) is 0 Å². The molecule has 1 heterocycles. The lowest BCUT2D eigenvalue weighted by atomic mass is 10.1. The summed E-state index contributed by atoms with van der Waals surface area (Å²) < 4.78 is 18.3. The van der Waals surface area contributed by atoms with E-state index in [9.17, 15) is 9.18 Å². The molecule has 1 N–H and O–H groups in total. The van der Waals surface area contributed by atoms with E-state index in [0.29, 0.717) is 17.1 Å². The number of ether oxygens (including phenoxy) is 1. The van der Waals surface area contributed by atoms with E-state index in [1.807, 2.05) is 13.8 Å². The summed E-state index contributed by atoms with van der Waals surface area (Å²) in [6.07, 6.45) is 0. The zero-order valence-electron chi connectivity index (χ0n) is 11.0. The molecule has 0 unspecified atom stereocenters. The highest BCUT2D eigenvalue weighted by Gasteiger charge is 2.10. The molecule has 0 aliphatic heterocycles. The van der Waals surface area contributed by atoms with Gasteiger partial charge in [-0.05, 0) is 24.1 Å². The van der Waals surface area contributed by atoms with Crippen molar-refractivity contribution in [2.24, 2.45) is 0 Å². The van der Waals surface area contributed by atoms with Crippen molar-refractivity contribution >= 4 is 0 Å². The van der Waals surface area contributed by atoms with Crippen molar-refractivity contribution < 1.29 is 9.13 Å². The number of benzene rings is 1. The van der Waals surface area contributed by atoms with Crippen molar-refractivity contribution in [3.63, 3.8) is 0 Å². The van der Waals surface area contributed by atoms with Crippen molar-refractivity contribution in [2.75, 3.05) is 7.11 Å². The van der Waals surface area contributed by atoms with Gasteiger partial charge in [0, 0.05) is 11.6 Å². The van der Waals surface area contributed by atoms with E-state index in [2.05, 4.69) is 9.97 Å². The van der Waals surface area contributed by atoms with Crippen LogP contribution in [-0.4, -0.2) is 17.1 Å². The molecular weight excluding hydrogens is 247 g/mol. The molecule has 1 aromatic heterocycles. The van der Waals surface area contributed by atoms with E-state index in [1.54, 1.807) is 6.07 Å². The molecule has 0 saturated carbocycles. The third-order valence-corrected chi connectivity index (χ3v) is 2.78. The summed E-state index contributed by atoms with van der Waals surface area (Å²) in [7, 11) is 1.39. The topological polar surface area (TPSA) is 55.0 Å². The molecule has 100 valence electrons. The van der Waals surface area contributed by atoms with Gasteiger partial charge in [-0.1, -0.05) is 13.8 Å². The summed E-state index contributed by atoms with van der Waals surface area (Å²) in [5.74, 6) is 0.224. The fourth-order valence-electron chi connectivity index (χ4n) is 1.72. The summed E-state index contributed by atoms with van der Waals surface area (Å²) in [6.45, 7) is 3.91. The number of halogens is 1. The molecule has 4 nitrogen and oxygen atoms in total. The summed E-state index contributed by atoms with van der Waals surface area (Å²) >= 11 is 0. The van der Waals surface area contributed by atoms with Gasteiger partial charge in [0.25, 0.3) is 5.56 Å². The minimum absolute atomic E-state index is 0.120. The van der Waals surface area contributed by atoms with Crippen molar-refractivity contribution in [1.82, 2.24) is 9.97 Å². The van der Waals surface area contributed by atoms with Crippen LogP contribution in [0.3, 0.4) is 0 Å². The Morgan fingerprint density at radius 1 is 1.32 bits per heavy atom. The molecule has 0 atom stereocenters. The quantitative estimate of drug-likeness (QED) is 0.925. The fraction of sp³-hybridized carbons (Fsp3) is 0.286. The van der Waals surface area contributed by atoms with E-state index in [4.69, 9.17) is 4.74 Å². The lowest BCUT2D eigenvalue weighted by Crippen LogP contribution is -2.11. The Morgan fingerprint density at radius 2 is 2.05 bits per heavy atom. The fourth-order valence-corrected chi connectivity index (χ4v) is 1.72. The number of nitrogens with zero attached hydrogens (tertiary/aromatic N) is 1. The van der Waals surface area contributed by atoms with Crippen molar-refractivity contribution in [3.05, 3.63) is 46.1 Å². The summed E-state index contributed by atoms with van der Waals surface area (Å²) in [5, 5.41) is 0. The highest BCUT2D eigenvalue weighted by Crippen LogP contribution is 2.24. The van der Waals surface area contributed by atoms with Crippen LogP contribution in [0.15, 0.2) is 29.1 Å². The van der Waals surface area contributed by atoms with Crippen LogP contribution in [0.2, 0.25) is 0 Å². The number of aromatic amines is 1. The molecule has 0 aliphatic rings. The van der Waals surface area contributed by atoms with Gasteiger partial charge in [-0.15, -0.1) is 0 Å². The van der Waals surface area contributed by atoms with Gasteiger partial charge in [0.15, 0.2) is 11.6 Å². The lowest BCUT2D eigenvalue weighted by molar-refractivity contribution is 0.386. The van der Waals surface area contributed by atoms with Gasteiger partial charge in [0.1, 0.15) is 5.82 Å². The predicted molar refractivity (Wildman–Crippen MR) is 70.9 cm³/mol. The largest absolute Gasteiger partial charge is 0.494 e. The third-order valence-electron chi connectivity index (χ3n) is 2.78. The molecule has 0 amide bonds. The molecule has 0 spiro atoms. The first kappa shape index (κ1) is 13.3. The molecule has 0 bridgehead atoms. The van der Waals surface area contributed by atoms with Gasteiger partial charge in [0.2, 0.25) is 0 Å². The zero-order valence-corrected chi connectivity index (χ0v) is 11.0. The highest BCUT2D eigenvalue weighted by atomic mass is 19.1. The smallest absolute Gasteiger partial charge is 0.251 e. The van der Waals surface area contributed by atoms with Gasteiger partial charge < -0.3 is 9.72 Å². The van der Waals surface area contributed by atoms with Crippen LogP contribution in [0.4, 0.5) is 4.39 Å². The summed E-state index contributed by atoms with van der Waals surface area (Å²) in [5.41, 5.74) is 1.08. The van der Waals surface area contributed by atoms with E-state index in [0.717, 1.165) is 0 Å². The lowest BCUT2D eigenvalue weighted by Gasteiger charge is -2.08. The van der Waals surface area contributed by atoms with Crippen molar-refractivity contribution in [3.8, 4) is 17.1 Å². The van der Waals surface area contributed by atoms with Crippen LogP contribution >= 0.6 is 0 Å². The molecule has 0 fully saturated rings. The first-order valence-corrected chi connectivity index (χ1v) is 5.96. The maximum Gasteiger partial charge on any atom is 0.251 e. The first-order valence-electron chi connectivity index (χ1n) is 5.96. The minimum Gasteiger partial charge on any atom is -0.494 e. The average Bonchev–Trinajstić information content (AvgIpc) is 2.38. The molecule has 2 aromatic rings. The minimum atomic E-state index is -0.450. The number of H-pyrrole nitrogens is 1. The molecule has 2 rings (SSSR count). The van der Waals surface area contributed by atoms with Crippen LogP contribution in [-0.2, 0) is 0 Å². The molecular formula is C14H15FN2O2. The number of aromatic nitrogens is 2. The van der Waals surface area contributed by atoms with Crippen LogP contribution in [0, 0.1) is 5.82 Å². The number of hydrogen-bond acceptors (Lipinski definition) is 3. The Balaban J connectivity index is 2.55. The Hall–Kier alpha value is -2.17. The van der Waals surface area contributed by atoms with Crippen LogP contribution in [0.5, 0.6) is 5.75 Å². The number of hydrogen-bond donors (Lipinski definition) is 1. The first-order chi connectivity index (χ1) is 9.01. The van der Waals surface area contributed by atoms with E-state index < -0.39 is 5.82 Å². The maximum atomic E-state index is 13.4. The Bertz CT molecular complexity index is 650. The monoisotopic (exact) mass is 262 g/mol. The molecule has 19 heavy (non-hydrogen) atoms. The second-order valence-corrected chi connectivity index (χ2v) is 4.52.